The standard InChI is InChI=1S/C26H23N3O5/c1-32-22-11-7-6-10-21(22)29-25(30)17-34-23-13-12-18(15-24(23)33-2)14-19(16-27)26(31)28-20-8-4-3-5-9-20/h3-15H,17H2,1-2H3,(H,28,31)(H,29,30)/b19-14+. The second kappa shape index (κ2) is 11.7. The lowest BCUT2D eigenvalue weighted by atomic mass is 10.1. The molecule has 0 radical (unpaired) electrons. The highest BCUT2D eigenvalue weighted by atomic mass is 16.5. The predicted molar refractivity (Wildman–Crippen MR) is 129 cm³/mol. The van der Waals surface area contributed by atoms with Gasteiger partial charge in [0.05, 0.1) is 19.9 Å². The zero-order valence-electron chi connectivity index (χ0n) is 18.7. The Morgan fingerprint density at radius 3 is 2.29 bits per heavy atom. The van der Waals surface area contributed by atoms with Crippen molar-refractivity contribution in [1.82, 2.24) is 0 Å². The van der Waals surface area contributed by atoms with E-state index in [1.165, 1.54) is 20.3 Å². The quantitative estimate of drug-likeness (QED) is 0.367. The van der Waals surface area contributed by atoms with Gasteiger partial charge in [-0.05, 0) is 48.0 Å². The van der Waals surface area contributed by atoms with Crippen LogP contribution in [0.5, 0.6) is 17.2 Å². The van der Waals surface area contributed by atoms with Crippen LogP contribution in [0.15, 0.2) is 78.4 Å². The molecule has 8 heteroatoms. The fourth-order valence-electron chi connectivity index (χ4n) is 3.01. The van der Waals surface area contributed by atoms with Gasteiger partial charge in [-0.15, -0.1) is 0 Å². The molecule has 0 bridgehead atoms. The van der Waals surface area contributed by atoms with Crippen molar-refractivity contribution in [2.75, 3.05) is 31.5 Å². The highest BCUT2D eigenvalue weighted by molar-refractivity contribution is 6.09. The Balaban J connectivity index is 1.68. The third-order valence-corrected chi connectivity index (χ3v) is 4.64. The lowest BCUT2D eigenvalue weighted by Gasteiger charge is -2.13. The Bertz CT molecular complexity index is 1230. The molecule has 0 saturated carbocycles. The van der Waals surface area contributed by atoms with E-state index in [2.05, 4.69) is 10.6 Å². The number of nitrogens with zero attached hydrogens (tertiary/aromatic N) is 1. The van der Waals surface area contributed by atoms with Gasteiger partial charge < -0.3 is 24.8 Å². The van der Waals surface area contributed by atoms with Crippen molar-refractivity contribution in [3.05, 3.63) is 83.9 Å². The van der Waals surface area contributed by atoms with E-state index in [9.17, 15) is 14.9 Å². The highest BCUT2D eigenvalue weighted by Crippen LogP contribution is 2.29. The molecule has 0 aromatic heterocycles. The molecule has 0 aliphatic heterocycles. The number of nitriles is 1. The Kier molecular flexibility index (Phi) is 8.25. The van der Waals surface area contributed by atoms with Crippen molar-refractivity contribution in [2.45, 2.75) is 0 Å². The molecular weight excluding hydrogens is 434 g/mol. The zero-order chi connectivity index (χ0) is 24.3. The minimum Gasteiger partial charge on any atom is -0.495 e. The maximum atomic E-state index is 12.4. The van der Waals surface area contributed by atoms with Crippen molar-refractivity contribution in [3.63, 3.8) is 0 Å². The second-order valence-corrected chi connectivity index (χ2v) is 6.94. The van der Waals surface area contributed by atoms with Crippen LogP contribution in [0, 0.1) is 11.3 Å². The minimum atomic E-state index is -0.527. The highest BCUT2D eigenvalue weighted by Gasteiger charge is 2.13. The fraction of sp³-hybridized carbons (Fsp3) is 0.115. The third kappa shape index (κ3) is 6.37. The number of benzene rings is 3. The molecule has 0 atom stereocenters. The predicted octanol–water partition coefficient (Wildman–Crippen LogP) is 4.27. The molecule has 0 saturated heterocycles. The molecule has 0 aliphatic rings. The van der Waals surface area contributed by atoms with Gasteiger partial charge in [0.25, 0.3) is 11.8 Å². The number of hydrogen-bond donors (Lipinski definition) is 2. The number of methoxy groups -OCH3 is 2. The second-order valence-electron chi connectivity index (χ2n) is 6.94. The average Bonchev–Trinajstić information content (AvgIpc) is 2.87. The van der Waals surface area contributed by atoms with Crippen LogP contribution in [0.25, 0.3) is 6.08 Å². The number of carbonyl (C=O) groups excluding carboxylic acids is 2. The van der Waals surface area contributed by atoms with Crippen molar-refractivity contribution in [2.24, 2.45) is 0 Å². The fourth-order valence-corrected chi connectivity index (χ4v) is 3.01. The summed E-state index contributed by atoms with van der Waals surface area (Å²) in [4.78, 5) is 24.7. The van der Waals surface area contributed by atoms with E-state index in [1.54, 1.807) is 66.7 Å². The van der Waals surface area contributed by atoms with Crippen molar-refractivity contribution >= 4 is 29.3 Å². The summed E-state index contributed by atoms with van der Waals surface area (Å²) in [6, 6.07) is 22.7. The van der Waals surface area contributed by atoms with E-state index >= 15 is 0 Å². The van der Waals surface area contributed by atoms with Gasteiger partial charge in [0.15, 0.2) is 18.1 Å². The average molecular weight is 457 g/mol. The molecule has 3 aromatic carbocycles. The molecule has 0 spiro atoms. The van der Waals surface area contributed by atoms with Gasteiger partial charge in [-0.3, -0.25) is 9.59 Å². The summed E-state index contributed by atoms with van der Waals surface area (Å²) in [6.45, 7) is -0.257. The van der Waals surface area contributed by atoms with Gasteiger partial charge in [0, 0.05) is 5.69 Å². The Morgan fingerprint density at radius 1 is 0.882 bits per heavy atom. The number of amides is 2. The van der Waals surface area contributed by atoms with Crippen LogP contribution >= 0.6 is 0 Å². The molecule has 8 nitrogen and oxygen atoms in total. The molecule has 0 fully saturated rings. The van der Waals surface area contributed by atoms with Crippen LogP contribution in [0.4, 0.5) is 11.4 Å². The summed E-state index contributed by atoms with van der Waals surface area (Å²) in [6.07, 6.45) is 1.44. The number of carbonyl (C=O) groups is 2. The Morgan fingerprint density at radius 2 is 1.59 bits per heavy atom. The molecule has 3 rings (SSSR count). The lowest BCUT2D eigenvalue weighted by molar-refractivity contribution is -0.118. The summed E-state index contributed by atoms with van der Waals surface area (Å²) in [7, 11) is 2.98. The molecular formula is C26H23N3O5. The maximum Gasteiger partial charge on any atom is 0.266 e. The SMILES string of the molecule is COc1ccccc1NC(=O)COc1ccc(/C=C(\C#N)C(=O)Nc2ccccc2)cc1OC. The Hall–Kier alpha value is -4.77. The number of ether oxygens (including phenoxy) is 3. The van der Waals surface area contributed by atoms with Crippen LogP contribution in [0.3, 0.4) is 0 Å². The Labute approximate surface area is 197 Å². The van der Waals surface area contributed by atoms with Crippen LogP contribution in [0.1, 0.15) is 5.56 Å². The molecule has 3 aromatic rings. The summed E-state index contributed by atoms with van der Waals surface area (Å²) in [5.74, 6) is 0.316. The monoisotopic (exact) mass is 457 g/mol. The summed E-state index contributed by atoms with van der Waals surface area (Å²) < 4.78 is 16.2. The van der Waals surface area contributed by atoms with Gasteiger partial charge in [0.2, 0.25) is 0 Å². The number of para-hydroxylation sites is 3. The normalized spacial score (nSPS) is 10.6. The first-order valence-electron chi connectivity index (χ1n) is 10.3. The molecule has 0 unspecified atom stereocenters. The summed E-state index contributed by atoms with van der Waals surface area (Å²) >= 11 is 0. The van der Waals surface area contributed by atoms with Crippen molar-refractivity contribution in [3.8, 4) is 23.3 Å². The molecule has 2 amide bonds. The third-order valence-electron chi connectivity index (χ3n) is 4.64. The first-order chi connectivity index (χ1) is 16.5. The van der Waals surface area contributed by atoms with Crippen LogP contribution < -0.4 is 24.8 Å². The molecule has 172 valence electrons. The van der Waals surface area contributed by atoms with Gasteiger partial charge in [-0.1, -0.05) is 36.4 Å². The number of nitrogens with one attached hydrogen (secondary N) is 2. The topological polar surface area (TPSA) is 110 Å². The molecule has 34 heavy (non-hydrogen) atoms. The smallest absolute Gasteiger partial charge is 0.266 e. The zero-order valence-corrected chi connectivity index (χ0v) is 18.7. The van der Waals surface area contributed by atoms with E-state index in [0.717, 1.165) is 0 Å². The number of rotatable bonds is 9. The first-order valence-corrected chi connectivity index (χ1v) is 10.3. The van der Waals surface area contributed by atoms with E-state index in [-0.39, 0.29) is 18.1 Å². The summed E-state index contributed by atoms with van der Waals surface area (Å²) in [5, 5.41) is 14.8. The van der Waals surface area contributed by atoms with E-state index < -0.39 is 5.91 Å². The van der Waals surface area contributed by atoms with Gasteiger partial charge in [-0.2, -0.15) is 5.26 Å². The molecule has 0 heterocycles. The minimum absolute atomic E-state index is 0.0734. The number of anilines is 2. The molecule has 2 N–H and O–H groups in total. The van der Waals surface area contributed by atoms with Crippen LogP contribution in [0.2, 0.25) is 0 Å². The lowest BCUT2D eigenvalue weighted by Crippen LogP contribution is -2.20. The van der Waals surface area contributed by atoms with Gasteiger partial charge in [0.1, 0.15) is 17.4 Å². The van der Waals surface area contributed by atoms with Crippen molar-refractivity contribution < 1.29 is 23.8 Å². The number of hydrogen-bond acceptors (Lipinski definition) is 6. The van der Waals surface area contributed by atoms with E-state index in [4.69, 9.17) is 14.2 Å². The molecule has 0 aliphatic carbocycles. The largest absolute Gasteiger partial charge is 0.495 e. The summed E-state index contributed by atoms with van der Waals surface area (Å²) in [5.41, 5.74) is 1.60. The van der Waals surface area contributed by atoms with Crippen LogP contribution in [-0.4, -0.2) is 32.6 Å². The van der Waals surface area contributed by atoms with Crippen LogP contribution in [-0.2, 0) is 9.59 Å². The van der Waals surface area contributed by atoms with E-state index in [1.807, 2.05) is 12.1 Å². The van der Waals surface area contributed by atoms with Crippen molar-refractivity contribution in [1.29, 1.82) is 5.26 Å². The maximum absolute atomic E-state index is 12.4. The van der Waals surface area contributed by atoms with Gasteiger partial charge in [-0.25, -0.2) is 0 Å². The van der Waals surface area contributed by atoms with E-state index in [0.29, 0.717) is 34.2 Å². The van der Waals surface area contributed by atoms with Gasteiger partial charge >= 0.3 is 0 Å². The first kappa shape index (κ1) is 23.9.